The molecule has 0 aliphatic carbocycles. The summed E-state index contributed by atoms with van der Waals surface area (Å²) in [5, 5.41) is 0.249. The third-order valence-corrected chi connectivity index (χ3v) is 7.49. The highest BCUT2D eigenvalue weighted by atomic mass is 32.2. The molecule has 1 fully saturated rings. The minimum atomic E-state index is -4.39. The fourth-order valence-corrected chi connectivity index (χ4v) is 5.53. The fourth-order valence-electron chi connectivity index (χ4n) is 4.55. The molecule has 0 amide bonds. The number of anilines is 1. The number of nitrogens with zero attached hydrogens (tertiary/aromatic N) is 6. The SMILES string of the molecule is NC1=N[C@@]2(c3cc(/C=C(\F)c4cnc(OCC(F)(F)C(F)F)cn4)ccc3F)CN(c3ncc(F)cn3)C[C@H]2CS1. The van der Waals surface area contributed by atoms with E-state index in [1.807, 2.05) is 0 Å². The number of aliphatic imine (C=N–C) groups is 1. The lowest BCUT2D eigenvalue weighted by Gasteiger charge is -2.35. The van der Waals surface area contributed by atoms with Gasteiger partial charge in [0.1, 0.15) is 17.1 Å². The van der Waals surface area contributed by atoms with E-state index in [1.54, 1.807) is 4.90 Å². The van der Waals surface area contributed by atoms with Gasteiger partial charge in [-0.25, -0.2) is 46.9 Å². The number of benzene rings is 1. The number of amidine groups is 1. The van der Waals surface area contributed by atoms with E-state index in [0.717, 1.165) is 36.9 Å². The van der Waals surface area contributed by atoms with Gasteiger partial charge in [-0.3, -0.25) is 0 Å². The highest BCUT2D eigenvalue weighted by Gasteiger charge is 2.52. The van der Waals surface area contributed by atoms with Crippen LogP contribution in [0.4, 0.5) is 36.7 Å². The van der Waals surface area contributed by atoms with Crippen molar-refractivity contribution in [3.63, 3.8) is 0 Å². The molecule has 2 aromatic heterocycles. The lowest BCUT2D eigenvalue weighted by molar-refractivity contribution is -0.148. The summed E-state index contributed by atoms with van der Waals surface area (Å²) in [5.74, 6) is -6.48. The maximum Gasteiger partial charge on any atom is 0.340 e. The van der Waals surface area contributed by atoms with E-state index >= 15 is 8.78 Å². The van der Waals surface area contributed by atoms with Gasteiger partial charge in [-0.1, -0.05) is 17.8 Å². The van der Waals surface area contributed by atoms with Crippen molar-refractivity contribution in [2.45, 2.75) is 17.9 Å². The van der Waals surface area contributed by atoms with Gasteiger partial charge in [0.2, 0.25) is 11.8 Å². The minimum absolute atomic E-state index is 0.134. The van der Waals surface area contributed by atoms with Crippen molar-refractivity contribution in [1.82, 2.24) is 19.9 Å². The minimum Gasteiger partial charge on any atom is -0.470 e. The molecular weight excluding hydrogens is 579 g/mol. The van der Waals surface area contributed by atoms with Gasteiger partial charge in [0.15, 0.2) is 23.4 Å². The van der Waals surface area contributed by atoms with Crippen LogP contribution in [-0.2, 0) is 5.54 Å². The Balaban J connectivity index is 1.41. The summed E-state index contributed by atoms with van der Waals surface area (Å²) in [6, 6.07) is 3.93. The number of ether oxygens (including phenoxy) is 1. The zero-order chi connectivity index (χ0) is 29.4. The number of nitrogens with two attached hydrogens (primary N) is 1. The molecule has 0 spiro atoms. The maximum atomic E-state index is 15.3. The molecule has 2 atom stereocenters. The molecule has 0 unspecified atom stereocenters. The Morgan fingerprint density at radius 3 is 2.59 bits per heavy atom. The summed E-state index contributed by atoms with van der Waals surface area (Å²) in [6.45, 7) is -1.11. The van der Waals surface area contributed by atoms with Gasteiger partial charge < -0.3 is 15.4 Å². The van der Waals surface area contributed by atoms with Crippen LogP contribution in [-0.4, -0.2) is 62.9 Å². The molecule has 41 heavy (non-hydrogen) atoms. The molecular formula is C25H20F7N7OS. The van der Waals surface area contributed by atoms with Gasteiger partial charge in [-0.15, -0.1) is 0 Å². The van der Waals surface area contributed by atoms with Crippen LogP contribution in [0.5, 0.6) is 5.88 Å². The molecule has 1 aromatic carbocycles. The summed E-state index contributed by atoms with van der Waals surface area (Å²) < 4.78 is 99.0. The zero-order valence-corrected chi connectivity index (χ0v) is 21.6. The summed E-state index contributed by atoms with van der Waals surface area (Å²) in [4.78, 5) is 21.8. The summed E-state index contributed by atoms with van der Waals surface area (Å²) in [7, 11) is 0. The first-order chi connectivity index (χ1) is 19.5. The number of hydrogen-bond acceptors (Lipinski definition) is 9. The Hall–Kier alpha value is -3.95. The second-order valence-corrected chi connectivity index (χ2v) is 10.3. The molecule has 3 aromatic rings. The number of rotatable bonds is 8. The Morgan fingerprint density at radius 1 is 1.15 bits per heavy atom. The van der Waals surface area contributed by atoms with Crippen molar-refractivity contribution in [2.24, 2.45) is 16.6 Å². The molecule has 16 heteroatoms. The highest BCUT2D eigenvalue weighted by molar-refractivity contribution is 8.13. The number of alkyl halides is 4. The summed E-state index contributed by atoms with van der Waals surface area (Å²) in [6.07, 6.45) is 0.873. The first kappa shape index (κ1) is 28.6. The molecule has 216 valence electrons. The lowest BCUT2D eigenvalue weighted by atomic mass is 9.81. The van der Waals surface area contributed by atoms with Crippen LogP contribution < -0.4 is 15.4 Å². The molecule has 2 aliphatic heterocycles. The molecule has 2 aliphatic rings. The standard InChI is InChI=1S/C25H20F7N7OS/c26-15-5-36-23(37-6-15)39-9-14-10-41-22(33)38-24(14,11-39)16-3-13(1-2-17(16)27)4-18(28)19-7-35-20(8-34-19)40-12-25(31,32)21(29)30/h1-8,14,21H,9-12H2,(H2,33,38)/b18-4-/t14-,24-/m0/s1. The van der Waals surface area contributed by atoms with E-state index in [-0.39, 0.29) is 40.4 Å². The van der Waals surface area contributed by atoms with Crippen LogP contribution >= 0.6 is 11.8 Å². The average molecular weight is 600 g/mol. The second kappa shape index (κ2) is 11.1. The maximum absolute atomic E-state index is 15.3. The molecule has 8 nitrogen and oxygen atoms in total. The van der Waals surface area contributed by atoms with Crippen LogP contribution in [0, 0.1) is 17.6 Å². The van der Waals surface area contributed by atoms with Gasteiger partial charge in [0, 0.05) is 23.8 Å². The van der Waals surface area contributed by atoms with E-state index in [2.05, 4.69) is 29.7 Å². The predicted octanol–water partition coefficient (Wildman–Crippen LogP) is 4.68. The summed E-state index contributed by atoms with van der Waals surface area (Å²) in [5.41, 5.74) is 4.99. The van der Waals surface area contributed by atoms with Gasteiger partial charge in [-0.05, 0) is 23.8 Å². The van der Waals surface area contributed by atoms with Crippen molar-refractivity contribution in [3.05, 3.63) is 71.4 Å². The molecule has 0 saturated carbocycles. The average Bonchev–Trinajstić information content (AvgIpc) is 3.33. The Labute approximate surface area is 232 Å². The predicted molar refractivity (Wildman–Crippen MR) is 137 cm³/mol. The van der Waals surface area contributed by atoms with Gasteiger partial charge in [0.25, 0.3) is 0 Å². The van der Waals surface area contributed by atoms with Crippen molar-refractivity contribution in [2.75, 3.05) is 30.3 Å². The Bertz CT molecular complexity index is 1470. The van der Waals surface area contributed by atoms with Crippen LogP contribution in [0.15, 0.2) is 48.0 Å². The highest BCUT2D eigenvalue weighted by Crippen LogP contribution is 2.47. The normalized spacial score (nSPS) is 21.2. The van der Waals surface area contributed by atoms with Crippen molar-refractivity contribution >= 4 is 34.8 Å². The number of aromatic nitrogens is 4. The van der Waals surface area contributed by atoms with E-state index < -0.39 is 47.8 Å². The fraction of sp³-hybridized carbons (Fsp3) is 0.320. The van der Waals surface area contributed by atoms with E-state index in [0.29, 0.717) is 12.3 Å². The van der Waals surface area contributed by atoms with Gasteiger partial charge >= 0.3 is 12.3 Å². The smallest absolute Gasteiger partial charge is 0.340 e. The number of fused-ring (bicyclic) bond motifs is 1. The zero-order valence-electron chi connectivity index (χ0n) is 20.8. The van der Waals surface area contributed by atoms with Crippen LogP contribution in [0.25, 0.3) is 11.9 Å². The van der Waals surface area contributed by atoms with Crippen LogP contribution in [0.1, 0.15) is 16.8 Å². The third-order valence-electron chi connectivity index (χ3n) is 6.53. The van der Waals surface area contributed by atoms with Crippen molar-refractivity contribution in [3.8, 4) is 5.88 Å². The van der Waals surface area contributed by atoms with E-state index in [4.69, 9.17) is 5.73 Å². The Kier molecular flexibility index (Phi) is 7.76. The molecule has 1 saturated heterocycles. The Morgan fingerprint density at radius 2 is 1.90 bits per heavy atom. The second-order valence-electron chi connectivity index (χ2n) is 9.29. The number of hydrogen-bond donors (Lipinski definition) is 1. The largest absolute Gasteiger partial charge is 0.470 e. The first-order valence-corrected chi connectivity index (χ1v) is 12.9. The van der Waals surface area contributed by atoms with E-state index in [1.165, 1.54) is 23.9 Å². The lowest BCUT2D eigenvalue weighted by Crippen LogP contribution is -2.40. The summed E-state index contributed by atoms with van der Waals surface area (Å²) >= 11 is 1.31. The molecule has 4 heterocycles. The van der Waals surface area contributed by atoms with Crippen molar-refractivity contribution in [1.29, 1.82) is 0 Å². The molecule has 0 radical (unpaired) electrons. The van der Waals surface area contributed by atoms with Crippen LogP contribution in [0.2, 0.25) is 0 Å². The quantitative estimate of drug-likeness (QED) is 0.373. The topological polar surface area (TPSA) is 102 Å². The van der Waals surface area contributed by atoms with Crippen LogP contribution in [0.3, 0.4) is 0 Å². The van der Waals surface area contributed by atoms with Gasteiger partial charge in [-0.2, -0.15) is 8.78 Å². The third kappa shape index (κ3) is 5.92. The van der Waals surface area contributed by atoms with E-state index in [9.17, 15) is 22.0 Å². The number of thioether (sulfide) groups is 1. The molecule has 0 bridgehead atoms. The first-order valence-electron chi connectivity index (χ1n) is 12.0. The van der Waals surface area contributed by atoms with Gasteiger partial charge in [0.05, 0.1) is 31.3 Å². The number of halogens is 7. The molecule has 2 N–H and O–H groups in total. The molecule has 5 rings (SSSR count). The monoisotopic (exact) mass is 599 g/mol. The van der Waals surface area contributed by atoms with Crippen molar-refractivity contribution < 1.29 is 35.5 Å².